The quantitative estimate of drug-likeness (QED) is 0.882. The van der Waals surface area contributed by atoms with Gasteiger partial charge in [-0.1, -0.05) is 24.6 Å². The summed E-state index contributed by atoms with van der Waals surface area (Å²) in [6.45, 7) is 2.45. The summed E-state index contributed by atoms with van der Waals surface area (Å²) in [5.74, 6) is -0.447. The minimum absolute atomic E-state index is 0.0103. The molecule has 0 radical (unpaired) electrons. The highest BCUT2D eigenvalue weighted by Gasteiger charge is 2.37. The van der Waals surface area contributed by atoms with Gasteiger partial charge in [-0.15, -0.1) is 0 Å². The van der Waals surface area contributed by atoms with E-state index in [1.54, 1.807) is 12.1 Å². The number of hydrogen-bond donors (Lipinski definition) is 1. The first-order valence-electron chi connectivity index (χ1n) is 5.84. The smallest absolute Gasteiger partial charge is 0.130 e. The number of rotatable bonds is 2. The van der Waals surface area contributed by atoms with E-state index >= 15 is 0 Å². The molecule has 0 aliphatic carbocycles. The van der Waals surface area contributed by atoms with Crippen molar-refractivity contribution in [2.24, 2.45) is 0 Å². The Morgan fingerprint density at radius 2 is 2.35 bits per heavy atom. The Kier molecular flexibility index (Phi) is 3.71. The van der Waals surface area contributed by atoms with E-state index in [4.69, 9.17) is 16.3 Å². The lowest BCUT2D eigenvalue weighted by Gasteiger charge is -2.37. The fraction of sp³-hybridized carbons (Fsp3) is 0.538. The van der Waals surface area contributed by atoms with E-state index in [0.717, 1.165) is 6.42 Å². The molecule has 1 saturated heterocycles. The van der Waals surface area contributed by atoms with Crippen LogP contribution in [0.15, 0.2) is 18.2 Å². The fourth-order valence-corrected chi connectivity index (χ4v) is 2.46. The van der Waals surface area contributed by atoms with Gasteiger partial charge in [0.15, 0.2) is 0 Å². The van der Waals surface area contributed by atoms with Gasteiger partial charge in [0.25, 0.3) is 0 Å². The van der Waals surface area contributed by atoms with E-state index in [-0.39, 0.29) is 6.10 Å². The highest BCUT2D eigenvalue weighted by molar-refractivity contribution is 6.30. The molecule has 2 unspecified atom stereocenters. The first kappa shape index (κ1) is 12.8. The molecule has 1 aromatic carbocycles. The zero-order valence-corrected chi connectivity index (χ0v) is 10.5. The molecule has 94 valence electrons. The molecule has 2 rings (SSSR count). The van der Waals surface area contributed by atoms with Gasteiger partial charge >= 0.3 is 0 Å². The zero-order valence-electron chi connectivity index (χ0n) is 9.75. The Bertz CT molecular complexity index is 410. The van der Waals surface area contributed by atoms with Crippen molar-refractivity contribution in [3.05, 3.63) is 34.6 Å². The molecule has 2 atom stereocenters. The summed E-state index contributed by atoms with van der Waals surface area (Å²) in [7, 11) is 0. The van der Waals surface area contributed by atoms with E-state index < -0.39 is 11.4 Å². The van der Waals surface area contributed by atoms with Crippen molar-refractivity contribution in [1.82, 2.24) is 0 Å². The van der Waals surface area contributed by atoms with Crippen LogP contribution in [0.1, 0.15) is 31.7 Å². The Hall–Kier alpha value is -0.640. The topological polar surface area (TPSA) is 29.5 Å². The summed E-state index contributed by atoms with van der Waals surface area (Å²) in [5.41, 5.74) is -0.809. The Morgan fingerprint density at radius 3 is 3.00 bits per heavy atom. The maximum atomic E-state index is 13.8. The van der Waals surface area contributed by atoms with E-state index in [2.05, 4.69) is 0 Å². The number of benzene rings is 1. The molecule has 1 heterocycles. The van der Waals surface area contributed by atoms with Crippen molar-refractivity contribution in [1.29, 1.82) is 0 Å². The SMILES string of the molecule is CCC1CC(O)(c2ccc(Cl)cc2F)CCO1. The third kappa shape index (κ3) is 2.62. The molecule has 0 spiro atoms. The van der Waals surface area contributed by atoms with E-state index in [1.807, 2.05) is 6.92 Å². The van der Waals surface area contributed by atoms with Crippen LogP contribution >= 0.6 is 11.6 Å². The van der Waals surface area contributed by atoms with Crippen LogP contribution in [0.5, 0.6) is 0 Å². The summed E-state index contributed by atoms with van der Waals surface area (Å²) in [4.78, 5) is 0. The molecule has 1 aliphatic heterocycles. The van der Waals surface area contributed by atoms with E-state index in [1.165, 1.54) is 6.07 Å². The van der Waals surface area contributed by atoms with Gasteiger partial charge in [-0.3, -0.25) is 0 Å². The van der Waals surface area contributed by atoms with Crippen LogP contribution in [0.2, 0.25) is 5.02 Å². The second-order valence-electron chi connectivity index (χ2n) is 4.51. The lowest BCUT2D eigenvalue weighted by atomic mass is 9.83. The number of halogens is 2. The number of ether oxygens (including phenoxy) is 1. The van der Waals surface area contributed by atoms with E-state index in [9.17, 15) is 9.50 Å². The van der Waals surface area contributed by atoms with Crippen molar-refractivity contribution in [2.45, 2.75) is 37.9 Å². The van der Waals surface area contributed by atoms with Crippen LogP contribution in [-0.2, 0) is 10.3 Å². The lowest BCUT2D eigenvalue weighted by molar-refractivity contribution is -0.110. The maximum Gasteiger partial charge on any atom is 0.130 e. The predicted molar refractivity (Wildman–Crippen MR) is 64.6 cm³/mol. The molecule has 17 heavy (non-hydrogen) atoms. The maximum absolute atomic E-state index is 13.8. The Morgan fingerprint density at radius 1 is 1.59 bits per heavy atom. The number of aliphatic hydroxyl groups is 1. The zero-order chi connectivity index (χ0) is 12.5. The van der Waals surface area contributed by atoms with Gasteiger partial charge in [0, 0.05) is 23.4 Å². The van der Waals surface area contributed by atoms with Gasteiger partial charge in [-0.05, 0) is 18.6 Å². The van der Waals surface area contributed by atoms with Crippen molar-refractivity contribution in [3.63, 3.8) is 0 Å². The number of hydrogen-bond acceptors (Lipinski definition) is 2. The highest BCUT2D eigenvalue weighted by atomic mass is 35.5. The van der Waals surface area contributed by atoms with Crippen LogP contribution in [0.4, 0.5) is 4.39 Å². The van der Waals surface area contributed by atoms with Crippen molar-refractivity contribution >= 4 is 11.6 Å². The molecular weight excluding hydrogens is 243 g/mol. The minimum Gasteiger partial charge on any atom is -0.385 e. The largest absolute Gasteiger partial charge is 0.385 e. The second-order valence-corrected chi connectivity index (χ2v) is 4.95. The Balaban J connectivity index is 2.30. The monoisotopic (exact) mass is 258 g/mol. The molecule has 4 heteroatoms. The molecule has 0 amide bonds. The normalized spacial score (nSPS) is 29.3. The average Bonchev–Trinajstić information content (AvgIpc) is 2.28. The van der Waals surface area contributed by atoms with Gasteiger partial charge in [0.1, 0.15) is 5.82 Å². The van der Waals surface area contributed by atoms with Crippen molar-refractivity contribution in [2.75, 3.05) is 6.61 Å². The fourth-order valence-electron chi connectivity index (χ4n) is 2.31. The molecule has 1 fully saturated rings. The van der Waals surface area contributed by atoms with Gasteiger partial charge in [0.05, 0.1) is 18.3 Å². The van der Waals surface area contributed by atoms with Crippen LogP contribution in [-0.4, -0.2) is 17.8 Å². The molecule has 1 N–H and O–H groups in total. The molecule has 2 nitrogen and oxygen atoms in total. The van der Waals surface area contributed by atoms with Gasteiger partial charge < -0.3 is 9.84 Å². The standard InChI is InChI=1S/C13H16ClFO2/c1-2-10-8-13(16,5-6-17-10)11-4-3-9(14)7-12(11)15/h3-4,7,10,16H,2,5-6,8H2,1H3. The van der Waals surface area contributed by atoms with Crippen LogP contribution in [0.3, 0.4) is 0 Å². The summed E-state index contributed by atoms with van der Waals surface area (Å²) >= 11 is 5.71. The molecule has 0 bridgehead atoms. The predicted octanol–water partition coefficient (Wildman–Crippen LogP) is 3.26. The first-order valence-corrected chi connectivity index (χ1v) is 6.22. The van der Waals surface area contributed by atoms with Gasteiger partial charge in [0.2, 0.25) is 0 Å². The summed E-state index contributed by atoms with van der Waals surface area (Å²) in [6, 6.07) is 4.41. The molecule has 1 aromatic rings. The second kappa shape index (κ2) is 4.92. The van der Waals surface area contributed by atoms with Gasteiger partial charge in [-0.25, -0.2) is 4.39 Å². The van der Waals surface area contributed by atoms with Crippen LogP contribution in [0, 0.1) is 5.82 Å². The molecule has 0 saturated carbocycles. The summed E-state index contributed by atoms with van der Waals surface area (Å²) in [6.07, 6.45) is 1.66. The van der Waals surface area contributed by atoms with Crippen molar-refractivity contribution < 1.29 is 14.2 Å². The van der Waals surface area contributed by atoms with Crippen LogP contribution in [0.25, 0.3) is 0 Å². The van der Waals surface area contributed by atoms with E-state index in [0.29, 0.717) is 30.0 Å². The van der Waals surface area contributed by atoms with Crippen LogP contribution < -0.4 is 0 Å². The molecular formula is C13H16ClFO2. The Labute approximate surface area is 105 Å². The summed E-state index contributed by atoms with van der Waals surface area (Å²) in [5, 5.41) is 10.9. The third-order valence-corrected chi connectivity index (χ3v) is 3.56. The molecule has 0 aromatic heterocycles. The highest BCUT2D eigenvalue weighted by Crippen LogP contribution is 2.37. The lowest BCUT2D eigenvalue weighted by Crippen LogP contribution is -2.39. The minimum atomic E-state index is -1.13. The van der Waals surface area contributed by atoms with Gasteiger partial charge in [-0.2, -0.15) is 0 Å². The van der Waals surface area contributed by atoms with Crippen molar-refractivity contribution in [3.8, 4) is 0 Å². The average molecular weight is 259 g/mol. The molecule has 1 aliphatic rings. The first-order chi connectivity index (χ1) is 8.05. The third-order valence-electron chi connectivity index (χ3n) is 3.32. The summed E-state index contributed by atoms with van der Waals surface area (Å²) < 4.78 is 19.3.